The third-order valence-corrected chi connectivity index (χ3v) is 0. The molecule has 0 fully saturated rings. The highest BCUT2D eigenvalue weighted by Gasteiger charge is 0.189. The van der Waals surface area contributed by atoms with E-state index in [-0.39, 0.29) is 75.1 Å². The highest BCUT2D eigenvalue weighted by atomic mass is 27.0. The van der Waals surface area contributed by atoms with Crippen molar-refractivity contribution >= 4 is 75.1 Å². The zero-order valence-corrected chi connectivity index (χ0v) is 2.12. The fraction of sp³-hybridized carbons (Fsp3) is 0. The van der Waals surface area contributed by atoms with Crippen LogP contribution in [0.5, 0.6) is 0 Å². The molecule has 0 N–H and O–H groups in total. The summed E-state index contributed by atoms with van der Waals surface area (Å²) in [5.74, 6) is 0. The second-order valence-electron chi connectivity index (χ2n) is 0. The van der Waals surface area contributed by atoms with Gasteiger partial charge in [-0.15, -0.1) is 0 Å². The van der Waals surface area contributed by atoms with Crippen LogP contribution in [0.3, 0.4) is 0 Å². The molecule has 0 rings (SSSR count). The van der Waals surface area contributed by atoms with Crippen molar-refractivity contribution in [2.24, 2.45) is 0 Å². The monoisotopic (exact) mass is 114 g/mol. The Morgan fingerprint density at radius 2 is 0.500 bits per heavy atom. The minimum atomic E-state index is 0. The first kappa shape index (κ1) is 32.8. The SMILES string of the molecule is [AlH3].[AlH3].[AlH3].[Mg]. The number of hydrogen-bond donors (Lipinski definition) is 0. The van der Waals surface area contributed by atoms with Gasteiger partial charge in [0.25, 0.3) is 0 Å². The van der Waals surface area contributed by atoms with Crippen molar-refractivity contribution in [2.45, 2.75) is 0 Å². The lowest BCUT2D eigenvalue weighted by atomic mass is 24.3. The second kappa shape index (κ2) is 18.3. The molecule has 4 heteroatoms. The first-order chi connectivity index (χ1) is 0. The lowest BCUT2D eigenvalue weighted by molar-refractivity contribution is 5.75. The molecule has 0 spiro atoms. The second-order valence-corrected chi connectivity index (χ2v) is 0. The van der Waals surface area contributed by atoms with Gasteiger partial charge in [-0.2, -0.15) is 0 Å². The van der Waals surface area contributed by atoms with E-state index in [4.69, 9.17) is 0 Å². The molecule has 0 atom stereocenters. The predicted molar refractivity (Wildman–Crippen MR) is 35.6 cm³/mol. The zero-order chi connectivity index (χ0) is 0. The van der Waals surface area contributed by atoms with Crippen molar-refractivity contribution in [1.82, 2.24) is 0 Å². The summed E-state index contributed by atoms with van der Waals surface area (Å²) < 4.78 is 0. The summed E-state index contributed by atoms with van der Waals surface area (Å²) in [5.41, 5.74) is 0. The van der Waals surface area contributed by atoms with E-state index in [1.165, 1.54) is 0 Å². The molecule has 20 valence electrons. The molecule has 0 aliphatic carbocycles. The predicted octanol–water partition coefficient (Wildman–Crippen LogP) is -3.93. The zero-order valence-electron chi connectivity index (χ0n) is 0.707. The molecule has 0 aromatic rings. The molecule has 0 unspecified atom stereocenters. The van der Waals surface area contributed by atoms with E-state index < -0.39 is 0 Å². The Kier molecular flexibility index (Phi) is 150. The van der Waals surface area contributed by atoms with Gasteiger partial charge in [0.15, 0.2) is 52.1 Å². The first-order valence-electron chi connectivity index (χ1n) is 0. The maximum Gasteiger partial charge on any atom is 0.187 e. The topological polar surface area (TPSA) is 0 Å². The Labute approximate surface area is 74.3 Å². The van der Waals surface area contributed by atoms with Crippen LogP contribution in [0.25, 0.3) is 0 Å². The van der Waals surface area contributed by atoms with Crippen molar-refractivity contribution in [3.8, 4) is 0 Å². The largest absolute Gasteiger partial charge is 0.187 e. The highest BCUT2D eigenvalue weighted by Crippen LogP contribution is -0.378. The average Bonchev–Trinajstić information content (AvgIpc) is 0. The van der Waals surface area contributed by atoms with Crippen LogP contribution in [0.1, 0.15) is 0 Å². The Bertz CT molecular complexity index is 3.25. The first-order valence-corrected chi connectivity index (χ1v) is 0. The van der Waals surface area contributed by atoms with Crippen molar-refractivity contribution in [1.29, 1.82) is 0 Å². The molecular weight excluding hydrogens is 105 g/mol. The van der Waals surface area contributed by atoms with Gasteiger partial charge >= 0.3 is 0 Å². The van der Waals surface area contributed by atoms with E-state index in [1.807, 2.05) is 0 Å². The van der Waals surface area contributed by atoms with E-state index in [9.17, 15) is 0 Å². The third-order valence-electron chi connectivity index (χ3n) is 0. The van der Waals surface area contributed by atoms with Gasteiger partial charge in [-0.05, 0) is 0 Å². The van der Waals surface area contributed by atoms with E-state index in [2.05, 4.69) is 0 Å². The minimum absolute atomic E-state index is 0. The van der Waals surface area contributed by atoms with E-state index >= 15 is 0 Å². The molecule has 0 amide bonds. The average molecular weight is 114 g/mol. The van der Waals surface area contributed by atoms with Crippen molar-refractivity contribution < 1.29 is 0 Å². The van der Waals surface area contributed by atoms with Gasteiger partial charge in [-0.25, -0.2) is 0 Å². The van der Waals surface area contributed by atoms with E-state index in [0.29, 0.717) is 0 Å². The van der Waals surface area contributed by atoms with Gasteiger partial charge in [-0.1, -0.05) is 0 Å². The molecule has 0 aliphatic rings. The normalized spacial score (nSPS) is 0. The van der Waals surface area contributed by atoms with Crippen molar-refractivity contribution in [3.63, 3.8) is 0 Å². The summed E-state index contributed by atoms with van der Waals surface area (Å²) in [4.78, 5) is 0. The summed E-state index contributed by atoms with van der Waals surface area (Å²) in [5, 5.41) is 0. The lowest BCUT2D eigenvalue weighted by Crippen LogP contribution is -0.382. The van der Waals surface area contributed by atoms with Crippen LogP contribution >= 0.6 is 0 Å². The molecular formula is H9Al3Mg. The van der Waals surface area contributed by atoms with E-state index in [0.717, 1.165) is 0 Å². The third kappa shape index (κ3) is 8.84. The molecule has 0 saturated carbocycles. The Hall–Kier alpha value is 2.36. The molecule has 0 aromatic carbocycles. The standard InChI is InChI=1S/3Al.Mg.9H. The lowest BCUT2D eigenvalue weighted by Gasteiger charge is -0.0000159. The van der Waals surface area contributed by atoms with Crippen LogP contribution < -0.4 is 0 Å². The molecule has 0 saturated heterocycles. The van der Waals surface area contributed by atoms with Crippen LogP contribution in [0.4, 0.5) is 0 Å². The van der Waals surface area contributed by atoms with Crippen LogP contribution in [-0.2, 0) is 0 Å². The van der Waals surface area contributed by atoms with Crippen LogP contribution in [0.2, 0.25) is 0 Å². The van der Waals surface area contributed by atoms with Gasteiger partial charge in [0.1, 0.15) is 0 Å². The molecule has 0 aromatic heterocycles. The van der Waals surface area contributed by atoms with Crippen LogP contribution in [0, 0.1) is 0 Å². The fourth-order valence-corrected chi connectivity index (χ4v) is 0. The van der Waals surface area contributed by atoms with Crippen LogP contribution in [-0.4, -0.2) is 75.1 Å². The van der Waals surface area contributed by atoms with Crippen molar-refractivity contribution in [2.75, 3.05) is 0 Å². The smallest absolute Gasteiger partial charge is 0 e. The molecule has 0 aliphatic heterocycles. The highest BCUT2D eigenvalue weighted by molar-refractivity contribution is 5.76. The maximum absolute atomic E-state index is 0. The van der Waals surface area contributed by atoms with E-state index in [1.54, 1.807) is 0 Å². The minimum Gasteiger partial charge on any atom is 0 e. The fourth-order valence-electron chi connectivity index (χ4n) is 0. The number of hydrogen-bond acceptors (Lipinski definition) is 0. The summed E-state index contributed by atoms with van der Waals surface area (Å²) >= 11 is 0. The van der Waals surface area contributed by atoms with Gasteiger partial charge in [0.2, 0.25) is 0 Å². The summed E-state index contributed by atoms with van der Waals surface area (Å²) in [6.45, 7) is 0. The summed E-state index contributed by atoms with van der Waals surface area (Å²) in [6, 6.07) is 0. The quantitative estimate of drug-likeness (QED) is 0.282. The summed E-state index contributed by atoms with van der Waals surface area (Å²) in [6.07, 6.45) is 0. The summed E-state index contributed by atoms with van der Waals surface area (Å²) in [7, 11) is 0. The van der Waals surface area contributed by atoms with Crippen molar-refractivity contribution in [3.05, 3.63) is 0 Å². The van der Waals surface area contributed by atoms with Gasteiger partial charge in [-0.3, -0.25) is 0 Å². The maximum atomic E-state index is 0. The Morgan fingerprint density at radius 3 is 0.500 bits per heavy atom. The van der Waals surface area contributed by atoms with Crippen LogP contribution in [0.15, 0.2) is 0 Å². The van der Waals surface area contributed by atoms with Gasteiger partial charge in [0.05, 0.1) is 0 Å². The molecule has 0 bridgehead atoms. The number of rotatable bonds is 0. The molecule has 0 nitrogen and oxygen atoms in total. The molecule has 2 radical (unpaired) electrons. The molecule has 0 heterocycles. The Morgan fingerprint density at radius 1 is 0.500 bits per heavy atom. The van der Waals surface area contributed by atoms with Gasteiger partial charge < -0.3 is 0 Å². The van der Waals surface area contributed by atoms with Gasteiger partial charge in [0, 0.05) is 23.1 Å². The Balaban J connectivity index is 0. The molecule has 4 heavy (non-hydrogen) atoms.